The van der Waals surface area contributed by atoms with Crippen molar-refractivity contribution in [1.29, 1.82) is 0 Å². The van der Waals surface area contributed by atoms with Gasteiger partial charge in [-0.15, -0.1) is 0 Å². The zero-order valence-electron chi connectivity index (χ0n) is 9.68. The van der Waals surface area contributed by atoms with Crippen molar-refractivity contribution in [2.75, 3.05) is 0 Å². The second kappa shape index (κ2) is 3.33. The van der Waals surface area contributed by atoms with Gasteiger partial charge in [0.2, 0.25) is 0 Å². The minimum Gasteiger partial charge on any atom is -0.481 e. The molecule has 1 aliphatic rings. The number of benzene rings is 2. The van der Waals surface area contributed by atoms with Crippen LogP contribution < -0.4 is 0 Å². The van der Waals surface area contributed by atoms with Crippen molar-refractivity contribution in [3.63, 3.8) is 0 Å². The first-order chi connectivity index (χ1) is 8.11. The van der Waals surface area contributed by atoms with Gasteiger partial charge in [0.15, 0.2) is 0 Å². The third kappa shape index (κ3) is 1.52. The predicted octanol–water partition coefficient (Wildman–Crippen LogP) is 3.42. The van der Waals surface area contributed by atoms with E-state index in [9.17, 15) is 4.79 Å². The van der Waals surface area contributed by atoms with Gasteiger partial charge in [-0.25, -0.2) is 0 Å². The first-order valence-electron chi connectivity index (χ1n) is 5.83. The molecule has 2 aromatic rings. The maximum Gasteiger partial charge on any atom is 0.309 e. The van der Waals surface area contributed by atoms with Crippen molar-refractivity contribution in [2.24, 2.45) is 5.41 Å². The molecule has 2 nitrogen and oxygen atoms in total. The molecule has 0 heterocycles. The number of hydrogen-bond acceptors (Lipinski definition) is 1. The lowest BCUT2D eigenvalue weighted by Gasteiger charge is -2.06. The summed E-state index contributed by atoms with van der Waals surface area (Å²) in [5.41, 5.74) is 0.594. The van der Waals surface area contributed by atoms with Crippen molar-refractivity contribution in [3.05, 3.63) is 48.0 Å². The molecule has 0 amide bonds. The Labute approximate surface area is 99.9 Å². The molecule has 1 saturated carbocycles. The van der Waals surface area contributed by atoms with Crippen LogP contribution in [0.4, 0.5) is 0 Å². The topological polar surface area (TPSA) is 37.3 Å². The Hall–Kier alpha value is -1.83. The van der Waals surface area contributed by atoms with Crippen molar-refractivity contribution in [1.82, 2.24) is 0 Å². The molecule has 1 N–H and O–H groups in total. The third-order valence-corrected chi connectivity index (χ3v) is 3.90. The number of carboxylic acids is 1. The summed E-state index contributed by atoms with van der Waals surface area (Å²) in [6.45, 7) is 1.83. The summed E-state index contributed by atoms with van der Waals surface area (Å²) < 4.78 is 0. The highest BCUT2D eigenvalue weighted by atomic mass is 16.4. The van der Waals surface area contributed by atoms with E-state index >= 15 is 0 Å². The number of aliphatic carboxylic acids is 1. The highest BCUT2D eigenvalue weighted by Crippen LogP contribution is 2.59. The number of carbonyl (C=O) groups is 1. The van der Waals surface area contributed by atoms with Gasteiger partial charge in [-0.3, -0.25) is 4.79 Å². The summed E-state index contributed by atoms with van der Waals surface area (Å²) in [4.78, 5) is 11.1. The molecule has 2 aromatic carbocycles. The van der Waals surface area contributed by atoms with Gasteiger partial charge in [-0.2, -0.15) is 0 Å². The minimum atomic E-state index is -0.685. The Morgan fingerprint density at radius 3 is 2.59 bits per heavy atom. The molecule has 17 heavy (non-hydrogen) atoms. The lowest BCUT2D eigenvalue weighted by molar-refractivity contribution is -0.142. The Morgan fingerprint density at radius 1 is 1.24 bits per heavy atom. The lowest BCUT2D eigenvalue weighted by atomic mass is 9.99. The van der Waals surface area contributed by atoms with E-state index in [1.54, 1.807) is 0 Å². The fourth-order valence-electron chi connectivity index (χ4n) is 2.51. The zero-order valence-corrected chi connectivity index (χ0v) is 9.68. The van der Waals surface area contributed by atoms with Crippen LogP contribution in [-0.4, -0.2) is 11.1 Å². The number of rotatable bonds is 2. The number of hydrogen-bond donors (Lipinski definition) is 1. The van der Waals surface area contributed by atoms with Crippen LogP contribution in [0.15, 0.2) is 42.5 Å². The predicted molar refractivity (Wildman–Crippen MR) is 67.0 cm³/mol. The second-order valence-corrected chi connectivity index (χ2v) is 5.09. The molecular formula is C15H14O2. The van der Waals surface area contributed by atoms with Crippen molar-refractivity contribution < 1.29 is 9.90 Å². The van der Waals surface area contributed by atoms with Gasteiger partial charge in [0.25, 0.3) is 0 Å². The van der Waals surface area contributed by atoms with E-state index in [1.807, 2.05) is 19.1 Å². The van der Waals surface area contributed by atoms with Crippen LogP contribution in [-0.2, 0) is 4.79 Å². The number of carboxylic acid groups (broad SMARTS) is 1. The second-order valence-electron chi connectivity index (χ2n) is 5.09. The van der Waals surface area contributed by atoms with Crippen LogP contribution in [0.3, 0.4) is 0 Å². The molecule has 0 aromatic heterocycles. The minimum absolute atomic E-state index is 0.171. The van der Waals surface area contributed by atoms with Crippen LogP contribution in [0.25, 0.3) is 10.8 Å². The molecule has 0 aliphatic heterocycles. The molecule has 0 saturated heterocycles. The Bertz CT molecular complexity index is 603. The smallest absolute Gasteiger partial charge is 0.309 e. The summed E-state index contributed by atoms with van der Waals surface area (Å²) in [6.07, 6.45) is 0.751. The fourth-order valence-corrected chi connectivity index (χ4v) is 2.51. The van der Waals surface area contributed by atoms with E-state index in [1.165, 1.54) is 10.8 Å². The molecule has 1 fully saturated rings. The Balaban J connectivity index is 2.01. The monoisotopic (exact) mass is 226 g/mol. The van der Waals surface area contributed by atoms with Gasteiger partial charge in [0, 0.05) is 5.92 Å². The molecule has 3 rings (SSSR count). The number of fused-ring (bicyclic) bond motifs is 1. The maximum atomic E-state index is 11.1. The standard InChI is InChI=1S/C15H14O2/c1-15(14(16)17)9-13(15)12-7-6-10-4-2-3-5-11(10)8-12/h2-8,13H,9H2,1H3,(H,16,17). The van der Waals surface area contributed by atoms with Gasteiger partial charge < -0.3 is 5.11 Å². The summed E-state index contributed by atoms with van der Waals surface area (Å²) in [5.74, 6) is -0.514. The van der Waals surface area contributed by atoms with E-state index in [0.717, 1.165) is 12.0 Å². The first-order valence-corrected chi connectivity index (χ1v) is 5.83. The Kier molecular flexibility index (Phi) is 2.02. The zero-order chi connectivity index (χ0) is 12.0. The normalized spacial score (nSPS) is 27.0. The summed E-state index contributed by atoms with van der Waals surface area (Å²) in [6, 6.07) is 14.4. The van der Waals surface area contributed by atoms with Crippen LogP contribution in [0.2, 0.25) is 0 Å². The molecular weight excluding hydrogens is 212 g/mol. The van der Waals surface area contributed by atoms with E-state index in [2.05, 4.69) is 30.3 Å². The first kappa shape index (κ1) is 10.3. The third-order valence-electron chi connectivity index (χ3n) is 3.90. The highest BCUT2D eigenvalue weighted by molar-refractivity contribution is 5.85. The van der Waals surface area contributed by atoms with Crippen LogP contribution in [0.1, 0.15) is 24.8 Å². The molecule has 1 aliphatic carbocycles. The summed E-state index contributed by atoms with van der Waals surface area (Å²) >= 11 is 0. The molecule has 0 bridgehead atoms. The van der Waals surface area contributed by atoms with Gasteiger partial charge in [-0.05, 0) is 29.7 Å². The van der Waals surface area contributed by atoms with Crippen LogP contribution >= 0.6 is 0 Å². The van der Waals surface area contributed by atoms with Crippen molar-refractivity contribution >= 4 is 16.7 Å². The quantitative estimate of drug-likeness (QED) is 0.851. The van der Waals surface area contributed by atoms with Gasteiger partial charge in [0.1, 0.15) is 0 Å². The molecule has 2 heteroatoms. The largest absolute Gasteiger partial charge is 0.481 e. The fraction of sp³-hybridized carbons (Fsp3) is 0.267. The van der Waals surface area contributed by atoms with Crippen LogP contribution in [0, 0.1) is 5.41 Å². The molecule has 86 valence electrons. The lowest BCUT2D eigenvalue weighted by Crippen LogP contribution is -2.12. The van der Waals surface area contributed by atoms with Gasteiger partial charge >= 0.3 is 5.97 Å². The van der Waals surface area contributed by atoms with Crippen molar-refractivity contribution in [3.8, 4) is 0 Å². The van der Waals surface area contributed by atoms with E-state index in [0.29, 0.717) is 0 Å². The molecule has 2 atom stereocenters. The average molecular weight is 226 g/mol. The maximum absolute atomic E-state index is 11.1. The molecule has 2 unspecified atom stereocenters. The highest BCUT2D eigenvalue weighted by Gasteiger charge is 2.57. The SMILES string of the molecule is CC1(C(=O)O)CC1c1ccc2ccccc2c1. The summed E-state index contributed by atoms with van der Waals surface area (Å²) in [5, 5.41) is 11.5. The molecule has 0 radical (unpaired) electrons. The van der Waals surface area contributed by atoms with Gasteiger partial charge in [-0.1, -0.05) is 42.5 Å². The van der Waals surface area contributed by atoms with Gasteiger partial charge in [0.05, 0.1) is 5.41 Å². The molecule has 0 spiro atoms. The van der Waals surface area contributed by atoms with E-state index in [-0.39, 0.29) is 5.92 Å². The summed E-state index contributed by atoms with van der Waals surface area (Å²) in [7, 11) is 0. The van der Waals surface area contributed by atoms with Crippen molar-refractivity contribution in [2.45, 2.75) is 19.3 Å². The van der Waals surface area contributed by atoms with E-state index < -0.39 is 11.4 Å². The van der Waals surface area contributed by atoms with E-state index in [4.69, 9.17) is 5.11 Å². The average Bonchev–Trinajstić information content (AvgIpc) is 3.03. The Morgan fingerprint density at radius 2 is 1.94 bits per heavy atom. The van der Waals surface area contributed by atoms with Crippen LogP contribution in [0.5, 0.6) is 0 Å².